The van der Waals surface area contributed by atoms with Gasteiger partial charge in [0.2, 0.25) is 0 Å². The summed E-state index contributed by atoms with van der Waals surface area (Å²) in [6, 6.07) is 16.1. The molecule has 0 atom stereocenters. The number of piperazine rings is 1. The molecule has 3 aromatic carbocycles. The van der Waals surface area contributed by atoms with Crippen LogP contribution >= 0.6 is 11.6 Å². The number of ether oxygens (including phenoxy) is 1. The fraction of sp³-hybridized carbons (Fsp3) is 0.250. The molecule has 5 nitrogen and oxygen atoms in total. The molecule has 2 aliphatic heterocycles. The molecule has 1 saturated heterocycles. The van der Waals surface area contributed by atoms with Gasteiger partial charge in [-0.25, -0.2) is 4.39 Å². The molecule has 0 radical (unpaired) electrons. The lowest BCUT2D eigenvalue weighted by Crippen LogP contribution is -2.48. The van der Waals surface area contributed by atoms with Crippen molar-refractivity contribution in [3.63, 3.8) is 0 Å². The topological polar surface area (TPSA) is 36.0 Å². The van der Waals surface area contributed by atoms with Gasteiger partial charge in [-0.15, -0.1) is 13.2 Å². The van der Waals surface area contributed by atoms with E-state index in [-0.39, 0.29) is 23.0 Å². The Morgan fingerprint density at radius 1 is 0.947 bits per heavy atom. The maximum atomic E-state index is 14.2. The summed E-state index contributed by atoms with van der Waals surface area (Å²) in [6.45, 7) is 2.43. The number of carbonyl (C=O) groups excluding carboxylic acids is 1. The number of amides is 1. The van der Waals surface area contributed by atoms with Crippen LogP contribution in [0.5, 0.6) is 5.75 Å². The van der Waals surface area contributed by atoms with Crippen LogP contribution in [0.2, 0.25) is 5.02 Å². The SMILES string of the molecule is O=C(c1ccc(N2CC=Cc3ccccc32)c(OC(F)(F)F)c1)N1CCN(Cc2ccc(Cl)cc2F)CC1. The third kappa shape index (κ3) is 5.79. The monoisotopic (exact) mass is 545 g/mol. The number of alkyl halides is 3. The van der Waals surface area contributed by atoms with Crippen LogP contribution in [0.3, 0.4) is 0 Å². The van der Waals surface area contributed by atoms with Crippen molar-refractivity contribution in [3.8, 4) is 5.75 Å². The molecule has 198 valence electrons. The van der Waals surface area contributed by atoms with Crippen molar-refractivity contribution in [2.24, 2.45) is 0 Å². The highest BCUT2D eigenvalue weighted by Crippen LogP contribution is 2.40. The molecular weight excluding hydrogens is 522 g/mol. The number of hydrogen-bond donors (Lipinski definition) is 0. The molecule has 0 aromatic heterocycles. The number of anilines is 2. The zero-order valence-electron chi connectivity index (χ0n) is 20.2. The summed E-state index contributed by atoms with van der Waals surface area (Å²) >= 11 is 5.82. The Kier molecular flexibility index (Phi) is 7.32. The van der Waals surface area contributed by atoms with E-state index in [0.717, 1.165) is 17.3 Å². The van der Waals surface area contributed by atoms with Crippen LogP contribution in [0.15, 0.2) is 66.7 Å². The number of fused-ring (bicyclic) bond motifs is 1. The van der Waals surface area contributed by atoms with Crippen molar-refractivity contribution in [2.75, 3.05) is 37.6 Å². The predicted octanol–water partition coefficient (Wildman–Crippen LogP) is 6.50. The van der Waals surface area contributed by atoms with Gasteiger partial charge in [-0.3, -0.25) is 9.69 Å². The van der Waals surface area contributed by atoms with E-state index >= 15 is 0 Å². The molecule has 1 amide bonds. The minimum Gasteiger partial charge on any atom is -0.404 e. The number of hydrogen-bond acceptors (Lipinski definition) is 4. The highest BCUT2D eigenvalue weighted by Gasteiger charge is 2.34. The van der Waals surface area contributed by atoms with E-state index < -0.39 is 12.1 Å². The Bertz CT molecular complexity index is 1370. The molecule has 0 unspecified atom stereocenters. The fourth-order valence-electron chi connectivity index (χ4n) is 4.74. The summed E-state index contributed by atoms with van der Waals surface area (Å²) in [7, 11) is 0. The molecule has 1 fully saturated rings. The van der Waals surface area contributed by atoms with Crippen molar-refractivity contribution in [3.05, 3.63) is 94.3 Å². The van der Waals surface area contributed by atoms with Crippen molar-refractivity contribution in [2.45, 2.75) is 12.9 Å². The molecule has 38 heavy (non-hydrogen) atoms. The number of halogens is 5. The summed E-state index contributed by atoms with van der Waals surface area (Å²) in [5.41, 5.74) is 2.44. The first-order chi connectivity index (χ1) is 18.2. The smallest absolute Gasteiger partial charge is 0.404 e. The van der Waals surface area contributed by atoms with Crippen LogP contribution in [-0.2, 0) is 6.54 Å². The summed E-state index contributed by atoms with van der Waals surface area (Å²) in [5, 5.41) is 0.322. The maximum absolute atomic E-state index is 14.2. The van der Waals surface area contributed by atoms with Gasteiger partial charge in [0.05, 0.1) is 5.69 Å². The first-order valence-corrected chi connectivity index (χ1v) is 12.4. The van der Waals surface area contributed by atoms with Crippen LogP contribution < -0.4 is 9.64 Å². The zero-order chi connectivity index (χ0) is 26.9. The van der Waals surface area contributed by atoms with E-state index in [4.69, 9.17) is 11.6 Å². The third-order valence-corrected chi connectivity index (χ3v) is 6.84. The van der Waals surface area contributed by atoms with E-state index in [0.29, 0.717) is 49.9 Å². The summed E-state index contributed by atoms with van der Waals surface area (Å²) in [4.78, 5) is 18.5. The van der Waals surface area contributed by atoms with Crippen LogP contribution in [0.25, 0.3) is 6.08 Å². The van der Waals surface area contributed by atoms with E-state index in [2.05, 4.69) is 4.74 Å². The summed E-state index contributed by atoms with van der Waals surface area (Å²) < 4.78 is 58.6. The molecule has 0 saturated carbocycles. The Hall–Kier alpha value is -3.56. The van der Waals surface area contributed by atoms with Crippen molar-refractivity contribution in [1.82, 2.24) is 9.80 Å². The number of benzene rings is 3. The zero-order valence-corrected chi connectivity index (χ0v) is 21.0. The highest BCUT2D eigenvalue weighted by molar-refractivity contribution is 6.30. The van der Waals surface area contributed by atoms with Gasteiger partial charge in [-0.1, -0.05) is 48.0 Å². The lowest BCUT2D eigenvalue weighted by Gasteiger charge is -2.35. The third-order valence-electron chi connectivity index (χ3n) is 6.60. The summed E-state index contributed by atoms with van der Waals surface area (Å²) in [5.74, 6) is -1.22. The largest absolute Gasteiger partial charge is 0.573 e. The Balaban J connectivity index is 1.33. The van der Waals surface area contributed by atoms with E-state index in [1.165, 1.54) is 18.2 Å². The highest BCUT2D eigenvalue weighted by atomic mass is 35.5. The van der Waals surface area contributed by atoms with Crippen LogP contribution in [0.4, 0.5) is 28.9 Å². The maximum Gasteiger partial charge on any atom is 0.573 e. The second-order valence-electron chi connectivity index (χ2n) is 9.11. The second kappa shape index (κ2) is 10.7. The van der Waals surface area contributed by atoms with Gasteiger partial charge in [-0.2, -0.15) is 0 Å². The standard InChI is InChI=1S/C28H24ClF4N3O2/c29-22-9-7-21(23(30)17-22)18-34-12-14-35(15-13-34)27(37)20-8-10-25(26(16-20)38-28(31,32)33)36-11-3-5-19-4-1-2-6-24(19)36/h1-10,16-17H,11-15,18H2. The second-order valence-corrected chi connectivity index (χ2v) is 9.54. The van der Waals surface area contributed by atoms with Gasteiger partial charge in [-0.05, 0) is 42.0 Å². The predicted molar refractivity (Wildman–Crippen MR) is 138 cm³/mol. The molecule has 0 bridgehead atoms. The van der Waals surface area contributed by atoms with Crippen molar-refractivity contribution in [1.29, 1.82) is 0 Å². The average Bonchev–Trinajstić information content (AvgIpc) is 2.89. The molecule has 0 aliphatic carbocycles. The minimum atomic E-state index is -4.93. The molecule has 2 aliphatic rings. The molecule has 5 rings (SSSR count). The molecule has 3 aromatic rings. The number of carbonyl (C=O) groups is 1. The Labute approximate surface area is 222 Å². The quantitative estimate of drug-likeness (QED) is 0.343. The lowest BCUT2D eigenvalue weighted by molar-refractivity contribution is -0.274. The van der Waals surface area contributed by atoms with Gasteiger partial charge in [0.15, 0.2) is 5.75 Å². The Morgan fingerprint density at radius 3 is 2.45 bits per heavy atom. The van der Waals surface area contributed by atoms with Gasteiger partial charge < -0.3 is 14.5 Å². The number of nitrogens with zero attached hydrogens (tertiary/aromatic N) is 3. The van der Waals surface area contributed by atoms with Crippen molar-refractivity contribution >= 4 is 35.0 Å². The number of rotatable bonds is 5. The first kappa shape index (κ1) is 26.1. The fourth-order valence-corrected chi connectivity index (χ4v) is 4.90. The minimum absolute atomic E-state index is 0.103. The van der Waals surface area contributed by atoms with Crippen LogP contribution in [0.1, 0.15) is 21.5 Å². The van der Waals surface area contributed by atoms with Crippen molar-refractivity contribution < 1.29 is 27.1 Å². The first-order valence-electron chi connectivity index (χ1n) is 12.1. The van der Waals surface area contributed by atoms with Gasteiger partial charge >= 0.3 is 6.36 Å². The molecule has 0 spiro atoms. The van der Waals surface area contributed by atoms with Crippen LogP contribution in [-0.4, -0.2) is 54.8 Å². The molecule has 0 N–H and O–H groups in total. The van der Waals surface area contributed by atoms with E-state index in [1.54, 1.807) is 21.9 Å². The molecule has 10 heteroatoms. The summed E-state index contributed by atoms with van der Waals surface area (Å²) in [6.07, 6.45) is -1.16. The van der Waals surface area contributed by atoms with Gasteiger partial charge in [0.25, 0.3) is 5.91 Å². The molecule has 2 heterocycles. The lowest BCUT2D eigenvalue weighted by atomic mass is 10.1. The van der Waals surface area contributed by atoms with E-state index in [9.17, 15) is 22.4 Å². The Morgan fingerprint density at radius 2 is 1.71 bits per heavy atom. The molecular formula is C28H24ClF4N3O2. The van der Waals surface area contributed by atoms with Crippen LogP contribution in [0, 0.1) is 5.82 Å². The van der Waals surface area contributed by atoms with Gasteiger partial charge in [0, 0.05) is 61.1 Å². The number of para-hydroxylation sites is 1. The normalized spacial score (nSPS) is 15.9. The van der Waals surface area contributed by atoms with E-state index in [1.807, 2.05) is 41.3 Å². The average molecular weight is 546 g/mol. The van der Waals surface area contributed by atoms with Gasteiger partial charge in [0.1, 0.15) is 5.82 Å².